The van der Waals surface area contributed by atoms with E-state index < -0.39 is 4.92 Å². The first-order chi connectivity index (χ1) is 7.90. The Kier molecular flexibility index (Phi) is 3.00. The van der Waals surface area contributed by atoms with E-state index in [9.17, 15) is 10.1 Å². The van der Waals surface area contributed by atoms with E-state index in [1.807, 2.05) is 0 Å². The minimum absolute atomic E-state index is 0.0767. The van der Waals surface area contributed by atoms with E-state index in [0.717, 1.165) is 13.0 Å². The van der Waals surface area contributed by atoms with Crippen molar-refractivity contribution in [3.8, 4) is 0 Å². The van der Waals surface area contributed by atoms with E-state index in [1.165, 1.54) is 12.1 Å². The van der Waals surface area contributed by atoms with Crippen molar-refractivity contribution in [1.29, 1.82) is 0 Å². The third-order valence-electron chi connectivity index (χ3n) is 3.41. The number of hydrogen-bond acceptors (Lipinski definition) is 3. The highest BCUT2D eigenvalue weighted by Gasteiger charge is 2.45. The van der Waals surface area contributed by atoms with Crippen molar-refractivity contribution in [3.63, 3.8) is 0 Å². The molecule has 0 spiro atoms. The van der Waals surface area contributed by atoms with Gasteiger partial charge in [0.05, 0.1) is 4.92 Å². The second-order valence-corrected chi connectivity index (χ2v) is 5.63. The van der Waals surface area contributed by atoms with Crippen LogP contribution in [0, 0.1) is 21.4 Å². The van der Waals surface area contributed by atoms with Gasteiger partial charge in [0.1, 0.15) is 5.69 Å². The van der Waals surface area contributed by atoms with Crippen LogP contribution in [0.2, 0.25) is 5.02 Å². The van der Waals surface area contributed by atoms with Crippen LogP contribution in [-0.4, -0.2) is 11.5 Å². The maximum absolute atomic E-state index is 10.8. The fourth-order valence-corrected chi connectivity index (χ4v) is 2.14. The molecule has 17 heavy (non-hydrogen) atoms. The minimum atomic E-state index is -0.392. The number of hydrogen-bond donors (Lipinski definition) is 1. The number of nitrogens with zero attached hydrogens (tertiary/aromatic N) is 1. The summed E-state index contributed by atoms with van der Waals surface area (Å²) >= 11 is 5.85. The number of nitrogens with one attached hydrogen (secondary N) is 1. The monoisotopic (exact) mass is 254 g/mol. The molecular weight excluding hydrogens is 240 g/mol. The molecule has 0 heterocycles. The van der Waals surface area contributed by atoms with Crippen LogP contribution >= 0.6 is 11.6 Å². The first-order valence-electron chi connectivity index (χ1n) is 5.58. The number of benzene rings is 1. The van der Waals surface area contributed by atoms with E-state index in [2.05, 4.69) is 19.2 Å². The van der Waals surface area contributed by atoms with Crippen molar-refractivity contribution in [1.82, 2.24) is 0 Å². The third kappa shape index (κ3) is 2.69. The van der Waals surface area contributed by atoms with Crippen LogP contribution in [0.5, 0.6) is 0 Å². The van der Waals surface area contributed by atoms with Crippen LogP contribution < -0.4 is 5.32 Å². The standard InChI is InChI=1S/C12H15ClN2O2/c1-12(2)6-8(12)7-14-10-5-9(13)3-4-11(10)15(16)17/h3-5,8,14H,6-7H2,1-2H3. The molecule has 2 rings (SSSR count). The van der Waals surface area contributed by atoms with Crippen molar-refractivity contribution in [2.75, 3.05) is 11.9 Å². The van der Waals surface area contributed by atoms with Gasteiger partial charge in [-0.05, 0) is 29.9 Å². The number of rotatable bonds is 4. The highest BCUT2D eigenvalue weighted by molar-refractivity contribution is 6.31. The van der Waals surface area contributed by atoms with Crippen LogP contribution in [0.3, 0.4) is 0 Å². The van der Waals surface area contributed by atoms with Crippen molar-refractivity contribution in [3.05, 3.63) is 33.3 Å². The van der Waals surface area contributed by atoms with Crippen LogP contribution in [0.1, 0.15) is 20.3 Å². The van der Waals surface area contributed by atoms with Gasteiger partial charge < -0.3 is 5.32 Å². The molecule has 1 N–H and O–H groups in total. The lowest BCUT2D eigenvalue weighted by Gasteiger charge is -2.08. The summed E-state index contributed by atoms with van der Waals surface area (Å²) in [5, 5.41) is 14.5. The summed E-state index contributed by atoms with van der Waals surface area (Å²) in [5.41, 5.74) is 0.943. The fourth-order valence-electron chi connectivity index (χ4n) is 1.97. The van der Waals surface area contributed by atoms with Gasteiger partial charge in [0, 0.05) is 17.6 Å². The smallest absolute Gasteiger partial charge is 0.292 e. The molecule has 1 aromatic carbocycles. The molecule has 0 radical (unpaired) electrons. The first kappa shape index (κ1) is 12.2. The van der Waals surface area contributed by atoms with Crippen LogP contribution in [0.25, 0.3) is 0 Å². The van der Waals surface area contributed by atoms with E-state index in [4.69, 9.17) is 11.6 Å². The Labute approximate surface area is 105 Å². The summed E-state index contributed by atoms with van der Waals surface area (Å²) < 4.78 is 0. The number of nitro benzene ring substituents is 1. The Morgan fingerprint density at radius 1 is 1.59 bits per heavy atom. The summed E-state index contributed by atoms with van der Waals surface area (Å²) in [6, 6.07) is 4.57. The van der Waals surface area contributed by atoms with E-state index in [-0.39, 0.29) is 5.69 Å². The van der Waals surface area contributed by atoms with Gasteiger partial charge in [-0.3, -0.25) is 10.1 Å². The van der Waals surface area contributed by atoms with Crippen LogP contribution in [0.15, 0.2) is 18.2 Å². The predicted octanol–water partition coefficient (Wildman–Crippen LogP) is 3.71. The SMILES string of the molecule is CC1(C)CC1CNc1cc(Cl)ccc1[N+](=O)[O-]. The average molecular weight is 255 g/mol. The highest BCUT2D eigenvalue weighted by Crippen LogP contribution is 2.51. The van der Waals surface area contributed by atoms with Gasteiger partial charge in [-0.2, -0.15) is 0 Å². The maximum atomic E-state index is 10.8. The summed E-state index contributed by atoms with van der Waals surface area (Å²) in [5.74, 6) is 0.584. The topological polar surface area (TPSA) is 55.2 Å². The molecule has 1 atom stereocenters. The molecule has 0 saturated heterocycles. The number of halogens is 1. The zero-order valence-electron chi connectivity index (χ0n) is 9.87. The molecule has 0 aliphatic heterocycles. The van der Waals surface area contributed by atoms with Gasteiger partial charge in [0.25, 0.3) is 5.69 Å². The Hall–Kier alpha value is -1.29. The normalized spacial score (nSPS) is 21.0. The van der Waals surface area contributed by atoms with E-state index in [1.54, 1.807) is 6.07 Å². The molecular formula is C12H15ClN2O2. The van der Waals surface area contributed by atoms with Crippen LogP contribution in [-0.2, 0) is 0 Å². The van der Waals surface area contributed by atoms with Gasteiger partial charge >= 0.3 is 0 Å². The van der Waals surface area contributed by atoms with Gasteiger partial charge in [-0.15, -0.1) is 0 Å². The zero-order chi connectivity index (χ0) is 12.6. The summed E-state index contributed by atoms with van der Waals surface area (Å²) in [4.78, 5) is 10.5. The van der Waals surface area contributed by atoms with E-state index >= 15 is 0 Å². The molecule has 1 aliphatic carbocycles. The van der Waals surface area contributed by atoms with Crippen molar-refractivity contribution in [2.24, 2.45) is 11.3 Å². The molecule has 1 aromatic rings. The highest BCUT2D eigenvalue weighted by atomic mass is 35.5. The molecule has 1 saturated carbocycles. The van der Waals surface area contributed by atoms with Crippen molar-refractivity contribution in [2.45, 2.75) is 20.3 Å². The molecule has 0 bridgehead atoms. The lowest BCUT2D eigenvalue weighted by molar-refractivity contribution is -0.384. The molecule has 92 valence electrons. The first-order valence-corrected chi connectivity index (χ1v) is 5.96. The summed E-state index contributed by atoms with van der Waals surface area (Å²) in [6.45, 7) is 5.16. The Morgan fingerprint density at radius 2 is 2.24 bits per heavy atom. The average Bonchev–Trinajstić information content (AvgIpc) is 2.83. The van der Waals surface area contributed by atoms with Crippen molar-refractivity contribution >= 4 is 23.0 Å². The largest absolute Gasteiger partial charge is 0.379 e. The Morgan fingerprint density at radius 3 is 2.76 bits per heavy atom. The molecule has 1 fully saturated rings. The van der Waals surface area contributed by atoms with Gasteiger partial charge in [-0.1, -0.05) is 25.4 Å². The predicted molar refractivity (Wildman–Crippen MR) is 68.5 cm³/mol. The lowest BCUT2D eigenvalue weighted by Crippen LogP contribution is -2.08. The van der Waals surface area contributed by atoms with Crippen LogP contribution in [0.4, 0.5) is 11.4 Å². The molecule has 0 amide bonds. The second kappa shape index (κ2) is 4.18. The van der Waals surface area contributed by atoms with Gasteiger partial charge in [0.15, 0.2) is 0 Å². The summed E-state index contributed by atoms with van der Waals surface area (Å²) in [7, 11) is 0. The summed E-state index contributed by atoms with van der Waals surface area (Å²) in [6.07, 6.45) is 1.16. The van der Waals surface area contributed by atoms with E-state index in [0.29, 0.717) is 22.0 Å². The lowest BCUT2D eigenvalue weighted by atomic mass is 10.1. The van der Waals surface area contributed by atoms with Gasteiger partial charge in [-0.25, -0.2) is 0 Å². The molecule has 5 heteroatoms. The van der Waals surface area contributed by atoms with Crippen molar-refractivity contribution < 1.29 is 4.92 Å². The Balaban J connectivity index is 2.09. The maximum Gasteiger partial charge on any atom is 0.292 e. The molecule has 1 unspecified atom stereocenters. The minimum Gasteiger partial charge on any atom is -0.379 e. The zero-order valence-corrected chi connectivity index (χ0v) is 10.6. The molecule has 4 nitrogen and oxygen atoms in total. The molecule has 0 aromatic heterocycles. The third-order valence-corrected chi connectivity index (χ3v) is 3.65. The fraction of sp³-hybridized carbons (Fsp3) is 0.500. The molecule has 1 aliphatic rings. The number of anilines is 1. The number of nitro groups is 1. The quantitative estimate of drug-likeness (QED) is 0.658. The Bertz CT molecular complexity index is 460. The van der Waals surface area contributed by atoms with Gasteiger partial charge in [0.2, 0.25) is 0 Å². The second-order valence-electron chi connectivity index (χ2n) is 5.19.